The van der Waals surface area contributed by atoms with Gasteiger partial charge in [-0.25, -0.2) is 0 Å². The van der Waals surface area contributed by atoms with E-state index in [0.29, 0.717) is 29.6 Å². The van der Waals surface area contributed by atoms with Crippen LogP contribution in [-0.2, 0) is 6.61 Å². The molecule has 0 atom stereocenters. The molecule has 0 saturated heterocycles. The number of carbonyl (C=O) groups is 1. The van der Waals surface area contributed by atoms with Gasteiger partial charge in [-0.15, -0.1) is 16.4 Å². The predicted molar refractivity (Wildman–Crippen MR) is 109 cm³/mol. The van der Waals surface area contributed by atoms with E-state index in [2.05, 4.69) is 15.5 Å². The molecule has 2 aromatic carbocycles. The SMILES string of the molecule is COc1cc(OCc2ccccc2)ccc1C(=O)Nc1nnc(-c2cccs2)o1. The van der Waals surface area contributed by atoms with Gasteiger partial charge in [0.15, 0.2) is 0 Å². The Balaban J connectivity index is 1.45. The third-order valence-corrected chi connectivity index (χ3v) is 4.90. The zero-order valence-corrected chi connectivity index (χ0v) is 16.3. The average Bonchev–Trinajstić information content (AvgIpc) is 3.44. The van der Waals surface area contributed by atoms with Gasteiger partial charge in [-0.2, -0.15) is 0 Å². The molecule has 1 N–H and O–H groups in total. The molecule has 0 radical (unpaired) electrons. The van der Waals surface area contributed by atoms with Crippen molar-refractivity contribution in [3.63, 3.8) is 0 Å². The van der Waals surface area contributed by atoms with Crippen molar-refractivity contribution < 1.29 is 18.7 Å². The molecule has 0 aliphatic carbocycles. The summed E-state index contributed by atoms with van der Waals surface area (Å²) in [6.07, 6.45) is 0. The minimum atomic E-state index is -0.419. The van der Waals surface area contributed by atoms with E-state index in [4.69, 9.17) is 13.9 Å². The van der Waals surface area contributed by atoms with Crippen LogP contribution in [-0.4, -0.2) is 23.2 Å². The lowest BCUT2D eigenvalue weighted by molar-refractivity contribution is 0.102. The number of benzene rings is 2. The highest BCUT2D eigenvalue weighted by Crippen LogP contribution is 2.27. The summed E-state index contributed by atoms with van der Waals surface area (Å²) in [5.41, 5.74) is 1.38. The topological polar surface area (TPSA) is 86.5 Å². The van der Waals surface area contributed by atoms with Gasteiger partial charge in [0.1, 0.15) is 18.1 Å². The minimum Gasteiger partial charge on any atom is -0.496 e. The molecule has 8 heteroatoms. The van der Waals surface area contributed by atoms with Crippen LogP contribution < -0.4 is 14.8 Å². The van der Waals surface area contributed by atoms with E-state index in [1.54, 1.807) is 18.2 Å². The molecular weight excluding hydrogens is 390 g/mol. The van der Waals surface area contributed by atoms with Crippen molar-refractivity contribution in [2.75, 3.05) is 12.4 Å². The molecule has 0 unspecified atom stereocenters. The number of rotatable bonds is 7. The maximum absolute atomic E-state index is 12.6. The van der Waals surface area contributed by atoms with Crippen LogP contribution in [0.1, 0.15) is 15.9 Å². The highest BCUT2D eigenvalue weighted by Gasteiger charge is 2.17. The molecule has 7 nitrogen and oxygen atoms in total. The Labute approximate surface area is 170 Å². The molecule has 4 rings (SSSR count). The van der Waals surface area contributed by atoms with Crippen LogP contribution in [0.25, 0.3) is 10.8 Å². The van der Waals surface area contributed by atoms with Crippen LogP contribution >= 0.6 is 11.3 Å². The largest absolute Gasteiger partial charge is 0.496 e. The van der Waals surface area contributed by atoms with Gasteiger partial charge in [0.05, 0.1) is 17.6 Å². The van der Waals surface area contributed by atoms with Crippen LogP contribution in [0, 0.1) is 0 Å². The third-order valence-electron chi connectivity index (χ3n) is 4.04. The minimum absolute atomic E-state index is 0.0184. The molecule has 1 amide bonds. The number of aromatic nitrogens is 2. The Kier molecular flexibility index (Phi) is 5.53. The maximum Gasteiger partial charge on any atom is 0.322 e. The average molecular weight is 407 g/mol. The number of nitrogens with zero attached hydrogens (tertiary/aromatic N) is 2. The number of anilines is 1. The van der Waals surface area contributed by atoms with Crippen LogP contribution in [0.5, 0.6) is 11.5 Å². The predicted octanol–water partition coefficient (Wildman–Crippen LogP) is 4.64. The van der Waals surface area contributed by atoms with Gasteiger partial charge in [-0.1, -0.05) is 41.5 Å². The van der Waals surface area contributed by atoms with Gasteiger partial charge >= 0.3 is 6.01 Å². The van der Waals surface area contributed by atoms with Crippen molar-refractivity contribution in [2.24, 2.45) is 0 Å². The molecule has 146 valence electrons. The Morgan fingerprint density at radius 3 is 2.72 bits per heavy atom. The summed E-state index contributed by atoms with van der Waals surface area (Å²) in [6, 6.07) is 18.6. The molecule has 2 heterocycles. The highest BCUT2D eigenvalue weighted by atomic mass is 32.1. The van der Waals surface area contributed by atoms with Crippen LogP contribution in [0.15, 0.2) is 70.5 Å². The van der Waals surface area contributed by atoms with E-state index in [1.165, 1.54) is 18.4 Å². The summed E-state index contributed by atoms with van der Waals surface area (Å²) < 4.78 is 16.6. The number of methoxy groups -OCH3 is 1. The highest BCUT2D eigenvalue weighted by molar-refractivity contribution is 7.13. The van der Waals surface area contributed by atoms with Gasteiger partial charge in [0.2, 0.25) is 0 Å². The number of thiophene rings is 1. The first kappa shape index (κ1) is 18.7. The van der Waals surface area contributed by atoms with E-state index in [-0.39, 0.29) is 6.01 Å². The Morgan fingerprint density at radius 2 is 1.97 bits per heavy atom. The van der Waals surface area contributed by atoms with Crippen LogP contribution in [0.3, 0.4) is 0 Å². The monoisotopic (exact) mass is 407 g/mol. The van der Waals surface area contributed by atoms with Gasteiger partial charge < -0.3 is 13.9 Å². The molecule has 2 aromatic heterocycles. The number of carbonyl (C=O) groups excluding carboxylic acids is 1. The number of hydrogen-bond acceptors (Lipinski definition) is 7. The second kappa shape index (κ2) is 8.57. The van der Waals surface area contributed by atoms with E-state index in [9.17, 15) is 4.79 Å². The molecule has 0 saturated carbocycles. The lowest BCUT2D eigenvalue weighted by Crippen LogP contribution is -2.13. The van der Waals surface area contributed by atoms with Gasteiger partial charge in [-0.05, 0) is 29.1 Å². The van der Waals surface area contributed by atoms with E-state index >= 15 is 0 Å². The first-order valence-corrected chi connectivity index (χ1v) is 9.64. The van der Waals surface area contributed by atoms with Gasteiger partial charge in [-0.3, -0.25) is 10.1 Å². The fraction of sp³-hybridized carbons (Fsp3) is 0.0952. The second-order valence-corrected chi connectivity index (χ2v) is 6.93. The second-order valence-electron chi connectivity index (χ2n) is 5.98. The molecule has 0 bridgehead atoms. The molecule has 0 spiro atoms. The van der Waals surface area contributed by atoms with Crippen molar-refractivity contribution in [3.8, 4) is 22.3 Å². The van der Waals surface area contributed by atoms with E-state index in [0.717, 1.165) is 10.4 Å². The molecule has 0 fully saturated rings. The smallest absolute Gasteiger partial charge is 0.322 e. The number of amides is 1. The summed E-state index contributed by atoms with van der Waals surface area (Å²) in [7, 11) is 1.49. The van der Waals surface area contributed by atoms with Crippen LogP contribution in [0.2, 0.25) is 0 Å². The van der Waals surface area contributed by atoms with E-state index in [1.807, 2.05) is 47.8 Å². The lowest BCUT2D eigenvalue weighted by Gasteiger charge is -2.11. The summed E-state index contributed by atoms with van der Waals surface area (Å²) in [4.78, 5) is 13.5. The summed E-state index contributed by atoms with van der Waals surface area (Å²) in [5.74, 6) is 0.913. The van der Waals surface area contributed by atoms with Gasteiger partial charge in [0.25, 0.3) is 11.8 Å². The number of ether oxygens (including phenoxy) is 2. The molecule has 0 aliphatic heterocycles. The molecule has 29 heavy (non-hydrogen) atoms. The Bertz CT molecular complexity index is 1090. The van der Waals surface area contributed by atoms with Gasteiger partial charge in [0, 0.05) is 6.07 Å². The fourth-order valence-electron chi connectivity index (χ4n) is 2.63. The Hall–Kier alpha value is -3.65. The summed E-state index contributed by atoms with van der Waals surface area (Å²) in [5, 5.41) is 12.3. The standard InChI is InChI=1S/C21H17N3O4S/c1-26-17-12-15(27-13-14-6-3-2-4-7-14)9-10-16(17)19(25)22-21-24-23-20(28-21)18-8-5-11-29-18/h2-12H,13H2,1H3,(H,22,24,25). The summed E-state index contributed by atoms with van der Waals surface area (Å²) in [6.45, 7) is 0.420. The fourth-order valence-corrected chi connectivity index (χ4v) is 3.27. The van der Waals surface area contributed by atoms with Crippen LogP contribution in [0.4, 0.5) is 6.01 Å². The van der Waals surface area contributed by atoms with Crippen molar-refractivity contribution in [3.05, 3.63) is 77.2 Å². The van der Waals surface area contributed by atoms with Crippen molar-refractivity contribution in [1.82, 2.24) is 10.2 Å². The molecular formula is C21H17N3O4S. The van der Waals surface area contributed by atoms with Crippen molar-refractivity contribution in [1.29, 1.82) is 0 Å². The van der Waals surface area contributed by atoms with Crippen molar-refractivity contribution in [2.45, 2.75) is 6.61 Å². The lowest BCUT2D eigenvalue weighted by atomic mass is 10.1. The zero-order valence-electron chi connectivity index (χ0n) is 15.5. The normalized spacial score (nSPS) is 10.5. The summed E-state index contributed by atoms with van der Waals surface area (Å²) >= 11 is 1.47. The quantitative estimate of drug-likeness (QED) is 0.480. The number of hydrogen-bond donors (Lipinski definition) is 1. The Morgan fingerprint density at radius 1 is 1.10 bits per heavy atom. The third kappa shape index (κ3) is 4.44. The number of nitrogens with one attached hydrogen (secondary N) is 1. The first-order valence-electron chi connectivity index (χ1n) is 8.76. The molecule has 0 aliphatic rings. The van der Waals surface area contributed by atoms with E-state index < -0.39 is 5.91 Å². The first-order chi connectivity index (χ1) is 14.2. The maximum atomic E-state index is 12.6. The van der Waals surface area contributed by atoms with Crippen molar-refractivity contribution >= 4 is 23.3 Å². The molecule has 4 aromatic rings. The zero-order chi connectivity index (χ0) is 20.1.